The molecule has 1 amide bonds. The maximum Gasteiger partial charge on any atom is 0.220 e. The highest BCUT2D eigenvalue weighted by Crippen LogP contribution is 2.28. The van der Waals surface area contributed by atoms with Gasteiger partial charge in [0, 0.05) is 19.0 Å². The molecule has 4 N–H and O–H groups in total. The normalized spacial score (nSPS) is 31.2. The van der Waals surface area contributed by atoms with Gasteiger partial charge in [-0.3, -0.25) is 4.79 Å². The van der Waals surface area contributed by atoms with E-state index in [1.165, 1.54) is 6.42 Å². The summed E-state index contributed by atoms with van der Waals surface area (Å²) < 4.78 is 0. The summed E-state index contributed by atoms with van der Waals surface area (Å²) in [6, 6.07) is 0.241. The van der Waals surface area contributed by atoms with Gasteiger partial charge in [-0.15, -0.1) is 0 Å². The van der Waals surface area contributed by atoms with E-state index in [-0.39, 0.29) is 17.4 Å². The second-order valence-corrected chi connectivity index (χ2v) is 6.40. The number of carbonyl (C=O) groups excluding carboxylic acids is 1. The first kappa shape index (κ1) is 13.8. The van der Waals surface area contributed by atoms with E-state index in [2.05, 4.69) is 17.6 Å². The zero-order valence-electron chi connectivity index (χ0n) is 11.5. The van der Waals surface area contributed by atoms with Crippen molar-refractivity contribution >= 4 is 5.91 Å². The molecule has 0 radical (unpaired) electrons. The minimum Gasteiger partial charge on any atom is -0.356 e. The van der Waals surface area contributed by atoms with Gasteiger partial charge in [0.15, 0.2) is 0 Å². The number of hydrogen-bond donors (Lipinski definition) is 3. The van der Waals surface area contributed by atoms with Crippen LogP contribution in [0.5, 0.6) is 0 Å². The van der Waals surface area contributed by atoms with Crippen LogP contribution in [0.2, 0.25) is 0 Å². The molecule has 18 heavy (non-hydrogen) atoms. The molecule has 2 fully saturated rings. The van der Waals surface area contributed by atoms with Crippen LogP contribution < -0.4 is 16.4 Å². The third-order valence-electron chi connectivity index (χ3n) is 4.69. The van der Waals surface area contributed by atoms with E-state index in [1.54, 1.807) is 0 Å². The van der Waals surface area contributed by atoms with Gasteiger partial charge in [0.1, 0.15) is 0 Å². The Labute approximate surface area is 110 Å². The Morgan fingerprint density at radius 2 is 2.11 bits per heavy atom. The summed E-state index contributed by atoms with van der Waals surface area (Å²) in [7, 11) is 0. The van der Waals surface area contributed by atoms with Crippen molar-refractivity contribution in [2.24, 2.45) is 17.1 Å². The molecule has 104 valence electrons. The molecule has 1 heterocycles. The van der Waals surface area contributed by atoms with Crippen LogP contribution in [0.15, 0.2) is 0 Å². The molecule has 0 unspecified atom stereocenters. The fraction of sp³-hybridized carbons (Fsp3) is 0.929. The van der Waals surface area contributed by atoms with E-state index in [9.17, 15) is 4.79 Å². The van der Waals surface area contributed by atoms with Crippen LogP contribution in [0.1, 0.15) is 45.4 Å². The Bertz CT molecular complexity index is 287. The van der Waals surface area contributed by atoms with Crippen molar-refractivity contribution in [2.75, 3.05) is 19.6 Å². The first-order valence-electron chi connectivity index (χ1n) is 7.32. The Kier molecular flexibility index (Phi) is 4.62. The summed E-state index contributed by atoms with van der Waals surface area (Å²) in [6.45, 7) is 5.23. The van der Waals surface area contributed by atoms with Gasteiger partial charge in [0.25, 0.3) is 0 Å². The number of rotatable bonds is 4. The van der Waals surface area contributed by atoms with Crippen molar-refractivity contribution < 1.29 is 4.79 Å². The Hall–Kier alpha value is -0.610. The van der Waals surface area contributed by atoms with Gasteiger partial charge in [-0.25, -0.2) is 0 Å². The van der Waals surface area contributed by atoms with Crippen molar-refractivity contribution in [3.63, 3.8) is 0 Å². The molecule has 2 atom stereocenters. The lowest BCUT2D eigenvalue weighted by Gasteiger charge is -2.34. The molecular formula is C14H27N3O. The standard InChI is InChI=1S/C14H27N3O/c1-14(5-7-16-8-6-14)10-17-13(18)9-11-3-2-4-12(11)15/h11-12,16H,2-10,15H2,1H3,(H,17,18)/t11-,12+/m0/s1. The van der Waals surface area contributed by atoms with Gasteiger partial charge in [0.2, 0.25) is 5.91 Å². The van der Waals surface area contributed by atoms with Crippen molar-refractivity contribution in [1.29, 1.82) is 0 Å². The number of carbonyl (C=O) groups is 1. The zero-order valence-corrected chi connectivity index (χ0v) is 11.5. The Morgan fingerprint density at radius 3 is 2.72 bits per heavy atom. The molecule has 1 aliphatic heterocycles. The average Bonchev–Trinajstić information content (AvgIpc) is 2.74. The van der Waals surface area contributed by atoms with Crippen LogP contribution in [0.4, 0.5) is 0 Å². The van der Waals surface area contributed by atoms with E-state index in [1.807, 2.05) is 0 Å². The van der Waals surface area contributed by atoms with E-state index in [4.69, 9.17) is 5.73 Å². The summed E-state index contributed by atoms with van der Waals surface area (Å²) in [5.74, 6) is 0.600. The molecular weight excluding hydrogens is 226 g/mol. The van der Waals surface area contributed by atoms with Crippen LogP contribution in [0.3, 0.4) is 0 Å². The lowest BCUT2D eigenvalue weighted by atomic mass is 9.81. The summed E-state index contributed by atoms with van der Waals surface area (Å²) in [6.07, 6.45) is 6.31. The minimum atomic E-state index is 0.192. The third kappa shape index (κ3) is 3.69. The fourth-order valence-corrected chi connectivity index (χ4v) is 3.15. The van der Waals surface area contributed by atoms with Crippen molar-refractivity contribution in [2.45, 2.75) is 51.5 Å². The molecule has 1 aliphatic carbocycles. The van der Waals surface area contributed by atoms with E-state index in [0.29, 0.717) is 12.3 Å². The molecule has 0 aromatic carbocycles. The van der Waals surface area contributed by atoms with Crippen molar-refractivity contribution in [3.8, 4) is 0 Å². The molecule has 0 aromatic rings. The van der Waals surface area contributed by atoms with Crippen LogP contribution in [0, 0.1) is 11.3 Å². The quantitative estimate of drug-likeness (QED) is 0.700. The van der Waals surface area contributed by atoms with E-state index < -0.39 is 0 Å². The minimum absolute atomic E-state index is 0.192. The van der Waals surface area contributed by atoms with Crippen LogP contribution in [-0.4, -0.2) is 31.6 Å². The first-order chi connectivity index (χ1) is 8.59. The monoisotopic (exact) mass is 253 g/mol. The zero-order chi connectivity index (χ0) is 13.0. The fourth-order valence-electron chi connectivity index (χ4n) is 3.15. The number of amides is 1. The van der Waals surface area contributed by atoms with Crippen LogP contribution in [-0.2, 0) is 4.79 Å². The second kappa shape index (κ2) is 6.02. The van der Waals surface area contributed by atoms with Gasteiger partial charge < -0.3 is 16.4 Å². The summed E-state index contributed by atoms with van der Waals surface area (Å²) in [5.41, 5.74) is 6.28. The highest BCUT2D eigenvalue weighted by molar-refractivity contribution is 5.76. The Balaban J connectivity index is 1.70. The molecule has 1 saturated carbocycles. The largest absolute Gasteiger partial charge is 0.356 e. The topological polar surface area (TPSA) is 67.2 Å². The van der Waals surface area contributed by atoms with Crippen LogP contribution in [0.25, 0.3) is 0 Å². The number of hydrogen-bond acceptors (Lipinski definition) is 3. The summed E-state index contributed by atoms with van der Waals surface area (Å²) in [4.78, 5) is 11.9. The number of piperidine rings is 1. The number of nitrogens with two attached hydrogens (primary N) is 1. The highest BCUT2D eigenvalue weighted by Gasteiger charge is 2.29. The van der Waals surface area contributed by atoms with Gasteiger partial charge in [-0.1, -0.05) is 13.3 Å². The molecule has 0 spiro atoms. The van der Waals surface area contributed by atoms with Gasteiger partial charge >= 0.3 is 0 Å². The summed E-state index contributed by atoms with van der Waals surface area (Å²) in [5, 5.41) is 6.48. The van der Waals surface area contributed by atoms with Gasteiger partial charge in [-0.05, 0) is 50.1 Å². The molecule has 2 rings (SSSR count). The summed E-state index contributed by atoms with van der Waals surface area (Å²) >= 11 is 0. The lowest BCUT2D eigenvalue weighted by Crippen LogP contribution is -2.43. The molecule has 0 bridgehead atoms. The van der Waals surface area contributed by atoms with Crippen LogP contribution >= 0.6 is 0 Å². The maximum atomic E-state index is 11.9. The van der Waals surface area contributed by atoms with E-state index >= 15 is 0 Å². The smallest absolute Gasteiger partial charge is 0.220 e. The predicted octanol–water partition coefficient (Wildman–Crippen LogP) is 1.01. The lowest BCUT2D eigenvalue weighted by molar-refractivity contribution is -0.122. The predicted molar refractivity (Wildman–Crippen MR) is 73.2 cm³/mol. The van der Waals surface area contributed by atoms with Crippen molar-refractivity contribution in [3.05, 3.63) is 0 Å². The molecule has 0 aromatic heterocycles. The average molecular weight is 253 g/mol. The SMILES string of the molecule is CC1(CNC(=O)C[C@@H]2CCC[C@H]2N)CCNCC1. The second-order valence-electron chi connectivity index (χ2n) is 6.40. The molecule has 2 aliphatic rings. The van der Waals surface area contributed by atoms with E-state index in [0.717, 1.165) is 45.3 Å². The first-order valence-corrected chi connectivity index (χ1v) is 7.32. The third-order valence-corrected chi connectivity index (χ3v) is 4.69. The van der Waals surface area contributed by atoms with Gasteiger partial charge in [-0.2, -0.15) is 0 Å². The van der Waals surface area contributed by atoms with Gasteiger partial charge in [0.05, 0.1) is 0 Å². The molecule has 4 heteroatoms. The number of nitrogens with one attached hydrogen (secondary N) is 2. The molecule has 4 nitrogen and oxygen atoms in total. The highest BCUT2D eigenvalue weighted by atomic mass is 16.1. The Morgan fingerprint density at radius 1 is 1.39 bits per heavy atom. The molecule has 1 saturated heterocycles. The van der Waals surface area contributed by atoms with Crippen molar-refractivity contribution in [1.82, 2.24) is 10.6 Å². The maximum absolute atomic E-state index is 11.9.